The number of rotatable bonds is 8. The zero-order chi connectivity index (χ0) is 18.8. The molecule has 0 saturated carbocycles. The number of hydrogen-bond acceptors (Lipinski definition) is 2. The molecule has 0 aliphatic heterocycles. The number of unbranched alkanes of at least 4 members (excludes halogenated alkanes) is 4. The molecule has 0 unspecified atom stereocenters. The van der Waals surface area contributed by atoms with Crippen molar-refractivity contribution < 1.29 is 9.59 Å². The van der Waals surface area contributed by atoms with Crippen molar-refractivity contribution in [3.8, 4) is 0 Å². The van der Waals surface area contributed by atoms with Gasteiger partial charge < -0.3 is 0 Å². The van der Waals surface area contributed by atoms with Gasteiger partial charge in [0, 0.05) is 11.1 Å². The highest BCUT2D eigenvalue weighted by Crippen LogP contribution is 2.11. The van der Waals surface area contributed by atoms with E-state index >= 15 is 0 Å². The first-order valence-corrected chi connectivity index (χ1v) is 9.37. The van der Waals surface area contributed by atoms with E-state index in [2.05, 4.69) is 17.8 Å². The zero-order valence-corrected chi connectivity index (χ0v) is 15.7. The van der Waals surface area contributed by atoms with Gasteiger partial charge in [-0.05, 0) is 49.1 Å². The van der Waals surface area contributed by atoms with E-state index in [-0.39, 0.29) is 11.8 Å². The Hall–Kier alpha value is -2.62. The monoisotopic (exact) mass is 352 g/mol. The summed E-state index contributed by atoms with van der Waals surface area (Å²) in [6.45, 7) is 4.07. The molecule has 0 bridgehead atoms. The number of carbonyl (C=O) groups excluding carboxylic acids is 2. The maximum atomic E-state index is 12.2. The minimum atomic E-state index is -0.319. The van der Waals surface area contributed by atoms with Crippen molar-refractivity contribution in [1.29, 1.82) is 0 Å². The van der Waals surface area contributed by atoms with E-state index in [1.165, 1.54) is 37.7 Å². The van der Waals surface area contributed by atoms with Crippen LogP contribution in [0.4, 0.5) is 0 Å². The van der Waals surface area contributed by atoms with E-state index in [4.69, 9.17) is 0 Å². The van der Waals surface area contributed by atoms with Gasteiger partial charge in [-0.1, -0.05) is 62.9 Å². The Kier molecular flexibility index (Phi) is 7.87. The normalized spacial score (nSPS) is 10.4. The molecule has 0 fully saturated rings. The van der Waals surface area contributed by atoms with Crippen LogP contribution in [0.1, 0.15) is 70.9 Å². The lowest BCUT2D eigenvalue weighted by Gasteiger charge is -2.09. The van der Waals surface area contributed by atoms with Crippen molar-refractivity contribution in [2.24, 2.45) is 0 Å². The summed E-state index contributed by atoms with van der Waals surface area (Å²) in [4.78, 5) is 24.3. The van der Waals surface area contributed by atoms with Gasteiger partial charge in [-0.25, -0.2) is 0 Å². The second-order valence-electron chi connectivity index (χ2n) is 6.58. The number of aryl methyl sites for hydroxylation is 2. The summed E-state index contributed by atoms with van der Waals surface area (Å²) in [7, 11) is 0. The molecule has 138 valence electrons. The van der Waals surface area contributed by atoms with Gasteiger partial charge >= 0.3 is 0 Å². The molecule has 2 rings (SSSR count). The summed E-state index contributed by atoms with van der Waals surface area (Å²) in [6.07, 6.45) is 7.31. The summed E-state index contributed by atoms with van der Waals surface area (Å²) >= 11 is 0. The van der Waals surface area contributed by atoms with Crippen LogP contribution < -0.4 is 10.9 Å². The van der Waals surface area contributed by atoms with Crippen LogP contribution in [0.25, 0.3) is 0 Å². The lowest BCUT2D eigenvalue weighted by molar-refractivity contribution is 0.0846. The maximum Gasteiger partial charge on any atom is 0.269 e. The number of nitrogens with one attached hydrogen (secondary N) is 2. The van der Waals surface area contributed by atoms with Crippen LogP contribution in [0.3, 0.4) is 0 Å². The standard InChI is InChI=1S/C22H28N2O2/c1-3-4-5-6-7-11-18-13-15-19(16-14-18)21(25)23-24-22(26)20-12-9-8-10-17(20)2/h8-10,12-16H,3-7,11H2,1-2H3,(H,23,25)(H,24,26). The molecule has 0 aliphatic carbocycles. The minimum absolute atomic E-state index is 0.318. The lowest BCUT2D eigenvalue weighted by Crippen LogP contribution is -2.41. The summed E-state index contributed by atoms with van der Waals surface area (Å²) in [5.74, 6) is -0.637. The molecule has 2 aromatic carbocycles. The van der Waals surface area contributed by atoms with Crippen LogP contribution in [0.5, 0.6) is 0 Å². The Balaban J connectivity index is 1.80. The second kappa shape index (κ2) is 10.4. The molecule has 0 radical (unpaired) electrons. The van der Waals surface area contributed by atoms with E-state index < -0.39 is 0 Å². The number of hydrogen-bond donors (Lipinski definition) is 2. The number of amides is 2. The lowest BCUT2D eigenvalue weighted by atomic mass is 10.0. The molecular formula is C22H28N2O2. The van der Waals surface area contributed by atoms with Gasteiger partial charge in [0.1, 0.15) is 0 Å². The predicted molar refractivity (Wildman–Crippen MR) is 105 cm³/mol. The smallest absolute Gasteiger partial charge is 0.267 e. The summed E-state index contributed by atoms with van der Waals surface area (Å²) in [5.41, 5.74) is 8.12. The third kappa shape index (κ3) is 6.03. The molecule has 4 nitrogen and oxygen atoms in total. The highest BCUT2D eigenvalue weighted by Gasteiger charge is 2.10. The van der Waals surface area contributed by atoms with Crippen molar-refractivity contribution in [1.82, 2.24) is 10.9 Å². The number of benzene rings is 2. The SMILES string of the molecule is CCCCCCCc1ccc(C(=O)NNC(=O)c2ccccc2C)cc1. The summed E-state index contributed by atoms with van der Waals surface area (Å²) in [6, 6.07) is 14.8. The maximum absolute atomic E-state index is 12.2. The van der Waals surface area contributed by atoms with E-state index in [9.17, 15) is 9.59 Å². The van der Waals surface area contributed by atoms with Crippen LogP contribution in [-0.2, 0) is 6.42 Å². The minimum Gasteiger partial charge on any atom is -0.267 e. The Bertz CT molecular complexity index is 723. The highest BCUT2D eigenvalue weighted by atomic mass is 16.2. The van der Waals surface area contributed by atoms with Crippen LogP contribution in [0, 0.1) is 6.92 Å². The average Bonchev–Trinajstić information content (AvgIpc) is 2.66. The van der Waals surface area contributed by atoms with E-state index in [0.29, 0.717) is 11.1 Å². The molecule has 4 heteroatoms. The summed E-state index contributed by atoms with van der Waals surface area (Å²) in [5, 5.41) is 0. The van der Waals surface area contributed by atoms with Crippen molar-refractivity contribution >= 4 is 11.8 Å². The van der Waals surface area contributed by atoms with Crippen molar-refractivity contribution in [2.75, 3.05) is 0 Å². The molecule has 0 heterocycles. The third-order valence-corrected chi connectivity index (χ3v) is 4.46. The summed E-state index contributed by atoms with van der Waals surface area (Å²) < 4.78 is 0. The molecule has 0 spiro atoms. The molecule has 0 saturated heterocycles. The van der Waals surface area contributed by atoms with Gasteiger partial charge in [-0.15, -0.1) is 0 Å². The van der Waals surface area contributed by atoms with Crippen LogP contribution in [0.15, 0.2) is 48.5 Å². The Morgan fingerprint density at radius 3 is 2.15 bits per heavy atom. The van der Waals surface area contributed by atoms with Crippen molar-refractivity contribution in [2.45, 2.75) is 52.4 Å². The largest absolute Gasteiger partial charge is 0.269 e. The first kappa shape index (κ1) is 19.7. The quantitative estimate of drug-likeness (QED) is 0.539. The third-order valence-electron chi connectivity index (χ3n) is 4.46. The molecule has 0 aliphatic rings. The molecule has 0 atom stereocenters. The zero-order valence-electron chi connectivity index (χ0n) is 15.7. The Morgan fingerprint density at radius 1 is 0.808 bits per heavy atom. The molecule has 0 aromatic heterocycles. The molecule has 26 heavy (non-hydrogen) atoms. The van der Waals surface area contributed by atoms with Gasteiger partial charge in [0.25, 0.3) is 11.8 Å². The van der Waals surface area contributed by atoms with Crippen molar-refractivity contribution in [3.63, 3.8) is 0 Å². The van der Waals surface area contributed by atoms with Gasteiger partial charge in [0.15, 0.2) is 0 Å². The average molecular weight is 352 g/mol. The molecule has 2 N–H and O–H groups in total. The van der Waals surface area contributed by atoms with Crippen LogP contribution in [-0.4, -0.2) is 11.8 Å². The van der Waals surface area contributed by atoms with Gasteiger partial charge in [0.2, 0.25) is 0 Å². The first-order chi connectivity index (χ1) is 12.6. The van der Waals surface area contributed by atoms with Crippen LogP contribution >= 0.6 is 0 Å². The fourth-order valence-corrected chi connectivity index (χ4v) is 2.84. The Morgan fingerprint density at radius 2 is 1.46 bits per heavy atom. The fraction of sp³-hybridized carbons (Fsp3) is 0.364. The van der Waals surface area contributed by atoms with Gasteiger partial charge in [-0.3, -0.25) is 20.4 Å². The van der Waals surface area contributed by atoms with Gasteiger partial charge in [-0.2, -0.15) is 0 Å². The van der Waals surface area contributed by atoms with E-state index in [1.54, 1.807) is 24.3 Å². The predicted octanol–water partition coefficient (Wildman–Crippen LogP) is 4.58. The van der Waals surface area contributed by atoms with Crippen molar-refractivity contribution in [3.05, 3.63) is 70.8 Å². The highest BCUT2D eigenvalue weighted by molar-refractivity contribution is 5.99. The number of carbonyl (C=O) groups is 2. The van der Waals surface area contributed by atoms with Gasteiger partial charge in [0.05, 0.1) is 0 Å². The molecular weight excluding hydrogens is 324 g/mol. The molecule has 2 amide bonds. The fourth-order valence-electron chi connectivity index (χ4n) is 2.84. The first-order valence-electron chi connectivity index (χ1n) is 9.37. The second-order valence-corrected chi connectivity index (χ2v) is 6.58. The number of hydrazine groups is 1. The van der Waals surface area contributed by atoms with E-state index in [1.807, 2.05) is 31.2 Å². The van der Waals surface area contributed by atoms with E-state index in [0.717, 1.165) is 12.0 Å². The van der Waals surface area contributed by atoms with Crippen LogP contribution in [0.2, 0.25) is 0 Å². The topological polar surface area (TPSA) is 58.2 Å². The Labute approximate surface area is 156 Å². The molecule has 2 aromatic rings.